The van der Waals surface area contributed by atoms with E-state index in [0.29, 0.717) is 32.8 Å². The van der Waals surface area contributed by atoms with Crippen molar-refractivity contribution in [2.75, 3.05) is 45.1 Å². The van der Waals surface area contributed by atoms with Gasteiger partial charge in [0.25, 0.3) is 0 Å². The van der Waals surface area contributed by atoms with Gasteiger partial charge < -0.3 is 10.1 Å². The lowest BCUT2D eigenvalue weighted by Crippen LogP contribution is -2.49. The first-order chi connectivity index (χ1) is 7.14. The molecule has 1 aliphatic rings. The average molecular weight is 237 g/mol. The molecule has 1 aliphatic heterocycles. The second kappa shape index (κ2) is 6.39. The first kappa shape index (κ1) is 12.9. The molecule has 0 aromatic heterocycles. The van der Waals surface area contributed by atoms with Gasteiger partial charge in [-0.25, -0.2) is 13.4 Å². The van der Waals surface area contributed by atoms with Crippen molar-refractivity contribution in [2.24, 2.45) is 0 Å². The molecule has 90 valence electrons. The van der Waals surface area contributed by atoms with Gasteiger partial charge in [0.05, 0.1) is 19.0 Å². The van der Waals surface area contributed by atoms with E-state index in [9.17, 15) is 8.42 Å². The van der Waals surface area contributed by atoms with Crippen LogP contribution in [0.4, 0.5) is 0 Å². The van der Waals surface area contributed by atoms with Gasteiger partial charge in [0.2, 0.25) is 10.0 Å². The summed E-state index contributed by atoms with van der Waals surface area (Å²) in [6.07, 6.45) is 0. The quantitative estimate of drug-likeness (QED) is 0.566. The van der Waals surface area contributed by atoms with Gasteiger partial charge in [0.15, 0.2) is 0 Å². The molecule has 1 rings (SSSR count). The van der Waals surface area contributed by atoms with Crippen molar-refractivity contribution < 1.29 is 13.2 Å². The molecule has 0 spiro atoms. The van der Waals surface area contributed by atoms with Crippen molar-refractivity contribution in [1.29, 1.82) is 0 Å². The molecular formula is C8H19N3O3S. The molecule has 0 amide bonds. The van der Waals surface area contributed by atoms with E-state index < -0.39 is 10.0 Å². The van der Waals surface area contributed by atoms with E-state index in [4.69, 9.17) is 4.74 Å². The fourth-order valence-corrected chi connectivity index (χ4v) is 2.36. The maximum Gasteiger partial charge on any atom is 0.225 e. The molecule has 15 heavy (non-hydrogen) atoms. The molecule has 0 radical (unpaired) electrons. The van der Waals surface area contributed by atoms with Crippen molar-refractivity contribution in [3.05, 3.63) is 0 Å². The van der Waals surface area contributed by atoms with Crippen LogP contribution in [0.5, 0.6) is 0 Å². The summed E-state index contributed by atoms with van der Waals surface area (Å²) in [5, 5.41) is 4.66. The third kappa shape index (κ3) is 5.43. The van der Waals surface area contributed by atoms with Crippen LogP contribution < -0.4 is 10.1 Å². The molecule has 0 saturated carbocycles. The highest BCUT2D eigenvalue weighted by molar-refractivity contribution is 7.89. The summed E-state index contributed by atoms with van der Waals surface area (Å²) in [5.41, 5.74) is 0. The maximum absolute atomic E-state index is 11.5. The van der Waals surface area contributed by atoms with Crippen LogP contribution in [0.25, 0.3) is 0 Å². The predicted octanol–water partition coefficient (Wildman–Crippen LogP) is -1.24. The van der Waals surface area contributed by atoms with E-state index in [-0.39, 0.29) is 5.75 Å². The molecule has 1 heterocycles. The van der Waals surface area contributed by atoms with E-state index in [2.05, 4.69) is 10.1 Å². The zero-order valence-electron chi connectivity index (χ0n) is 9.03. The van der Waals surface area contributed by atoms with Crippen molar-refractivity contribution >= 4 is 10.0 Å². The summed E-state index contributed by atoms with van der Waals surface area (Å²) < 4.78 is 28.2. The number of morpholine rings is 1. The molecule has 1 fully saturated rings. The second-order valence-electron chi connectivity index (χ2n) is 3.36. The third-order valence-corrected chi connectivity index (χ3v) is 3.35. The number of hydrazine groups is 1. The first-order valence-corrected chi connectivity index (χ1v) is 6.83. The Bertz CT molecular complexity index is 262. The number of nitrogens with zero attached hydrogens (tertiary/aromatic N) is 1. The lowest BCUT2D eigenvalue weighted by atomic mass is 10.5. The third-order valence-electron chi connectivity index (χ3n) is 2.08. The number of rotatable bonds is 6. The van der Waals surface area contributed by atoms with Crippen LogP contribution in [0, 0.1) is 0 Å². The normalized spacial score (nSPS) is 19.3. The van der Waals surface area contributed by atoms with Crippen LogP contribution in [-0.4, -0.2) is 58.6 Å². The Morgan fingerprint density at radius 1 is 1.33 bits per heavy atom. The molecular weight excluding hydrogens is 218 g/mol. The number of nitrogens with one attached hydrogen (secondary N) is 2. The highest BCUT2D eigenvalue weighted by atomic mass is 32.2. The minimum Gasteiger partial charge on any atom is -0.379 e. The van der Waals surface area contributed by atoms with Crippen molar-refractivity contribution in [3.8, 4) is 0 Å². The zero-order chi connectivity index (χ0) is 11.1. The Morgan fingerprint density at radius 2 is 2.00 bits per heavy atom. The summed E-state index contributed by atoms with van der Waals surface area (Å²) >= 11 is 0. The Kier molecular flexibility index (Phi) is 5.48. The van der Waals surface area contributed by atoms with Gasteiger partial charge in [-0.1, -0.05) is 6.92 Å². The molecule has 1 saturated heterocycles. The van der Waals surface area contributed by atoms with Crippen LogP contribution in [0.2, 0.25) is 0 Å². The van der Waals surface area contributed by atoms with Gasteiger partial charge in [-0.05, 0) is 6.54 Å². The van der Waals surface area contributed by atoms with Crippen molar-refractivity contribution in [3.63, 3.8) is 0 Å². The first-order valence-electron chi connectivity index (χ1n) is 5.17. The molecule has 0 bridgehead atoms. The van der Waals surface area contributed by atoms with Gasteiger partial charge in [-0.15, -0.1) is 4.83 Å². The van der Waals surface area contributed by atoms with Gasteiger partial charge in [0, 0.05) is 19.6 Å². The maximum atomic E-state index is 11.5. The summed E-state index contributed by atoms with van der Waals surface area (Å²) in [6.45, 7) is 5.59. The minimum atomic E-state index is -3.20. The SMILES string of the molecule is CCNCCS(=O)(=O)NN1CCOCC1. The van der Waals surface area contributed by atoms with Gasteiger partial charge in [-0.2, -0.15) is 0 Å². The second-order valence-corrected chi connectivity index (χ2v) is 5.18. The van der Waals surface area contributed by atoms with E-state index in [1.807, 2.05) is 6.92 Å². The molecule has 0 aromatic carbocycles. The number of hydrogen-bond donors (Lipinski definition) is 2. The summed E-state index contributed by atoms with van der Waals surface area (Å²) in [6, 6.07) is 0. The van der Waals surface area contributed by atoms with Crippen LogP contribution in [-0.2, 0) is 14.8 Å². The molecule has 0 aliphatic carbocycles. The van der Waals surface area contributed by atoms with Gasteiger partial charge >= 0.3 is 0 Å². The van der Waals surface area contributed by atoms with E-state index in [1.165, 1.54) is 0 Å². The van der Waals surface area contributed by atoms with E-state index >= 15 is 0 Å². The van der Waals surface area contributed by atoms with E-state index in [0.717, 1.165) is 6.54 Å². The standard InChI is InChI=1S/C8H19N3O3S/c1-2-9-3-8-15(12,13)10-11-4-6-14-7-5-11/h9-10H,2-8H2,1H3. The Balaban J connectivity index is 2.27. The predicted molar refractivity (Wildman–Crippen MR) is 57.9 cm³/mol. The fourth-order valence-electron chi connectivity index (χ4n) is 1.28. The van der Waals surface area contributed by atoms with Crippen molar-refractivity contribution in [1.82, 2.24) is 15.2 Å². The van der Waals surface area contributed by atoms with Crippen LogP contribution in [0.1, 0.15) is 6.92 Å². The zero-order valence-corrected chi connectivity index (χ0v) is 9.85. The molecule has 0 atom stereocenters. The van der Waals surface area contributed by atoms with Crippen LogP contribution in [0.15, 0.2) is 0 Å². The minimum absolute atomic E-state index is 0.109. The van der Waals surface area contributed by atoms with Gasteiger partial charge in [0.1, 0.15) is 0 Å². The Hall–Kier alpha value is -0.210. The van der Waals surface area contributed by atoms with Crippen LogP contribution in [0.3, 0.4) is 0 Å². The largest absolute Gasteiger partial charge is 0.379 e. The summed E-state index contributed by atoms with van der Waals surface area (Å²) in [5.74, 6) is 0.109. The van der Waals surface area contributed by atoms with E-state index in [1.54, 1.807) is 5.01 Å². The number of hydrogen-bond acceptors (Lipinski definition) is 5. The molecule has 0 aromatic rings. The van der Waals surface area contributed by atoms with Gasteiger partial charge in [-0.3, -0.25) is 0 Å². The average Bonchev–Trinajstić information content (AvgIpc) is 2.18. The lowest BCUT2D eigenvalue weighted by Gasteiger charge is -2.26. The molecule has 6 nitrogen and oxygen atoms in total. The van der Waals surface area contributed by atoms with Crippen molar-refractivity contribution in [2.45, 2.75) is 6.92 Å². The molecule has 7 heteroatoms. The number of sulfonamides is 1. The lowest BCUT2D eigenvalue weighted by molar-refractivity contribution is 0.0272. The fraction of sp³-hybridized carbons (Fsp3) is 1.00. The summed E-state index contributed by atoms with van der Waals surface area (Å²) in [4.78, 5) is 2.54. The molecule has 2 N–H and O–H groups in total. The molecule has 0 unspecified atom stereocenters. The monoisotopic (exact) mass is 237 g/mol. The summed E-state index contributed by atoms with van der Waals surface area (Å²) in [7, 11) is -3.20. The number of ether oxygens (including phenoxy) is 1. The Morgan fingerprint density at radius 3 is 2.60 bits per heavy atom. The Labute approximate surface area is 91.0 Å². The smallest absolute Gasteiger partial charge is 0.225 e. The van der Waals surface area contributed by atoms with Crippen LogP contribution >= 0.6 is 0 Å². The topological polar surface area (TPSA) is 70.7 Å². The highest BCUT2D eigenvalue weighted by Gasteiger charge is 2.17. The highest BCUT2D eigenvalue weighted by Crippen LogP contribution is 1.95.